The minimum Gasteiger partial charge on any atom is -0.479 e. The summed E-state index contributed by atoms with van der Waals surface area (Å²) >= 11 is 0. The zero-order valence-electron chi connectivity index (χ0n) is 9.91. The zero-order valence-corrected chi connectivity index (χ0v) is 10.7. The third-order valence-electron chi connectivity index (χ3n) is 2.44. The fraction of sp³-hybridized carbons (Fsp3) is 0.667. The van der Waals surface area contributed by atoms with Crippen LogP contribution in [-0.2, 0) is 25.9 Å². The van der Waals surface area contributed by atoms with Gasteiger partial charge in [0.2, 0.25) is 0 Å². The summed E-state index contributed by atoms with van der Waals surface area (Å²) < 4.78 is 23.9. The van der Waals surface area contributed by atoms with Crippen molar-refractivity contribution >= 4 is 15.8 Å². The molecule has 1 aromatic heterocycles. The molecule has 0 aliphatic carbocycles. The number of aromatic nitrogens is 3. The molecule has 17 heavy (non-hydrogen) atoms. The number of rotatable bonds is 5. The van der Waals surface area contributed by atoms with Gasteiger partial charge in [-0.1, -0.05) is 12.1 Å². The van der Waals surface area contributed by atoms with Crippen molar-refractivity contribution in [2.75, 3.05) is 5.75 Å². The number of nitrogens with zero attached hydrogens (tertiary/aromatic N) is 3. The fourth-order valence-electron chi connectivity index (χ4n) is 1.06. The predicted molar refractivity (Wildman–Crippen MR) is 60.1 cm³/mol. The van der Waals surface area contributed by atoms with E-state index in [1.54, 1.807) is 6.92 Å². The summed E-state index contributed by atoms with van der Waals surface area (Å²) in [5, 5.41) is 16.3. The molecule has 0 saturated carbocycles. The van der Waals surface area contributed by atoms with Gasteiger partial charge in [-0.05, 0) is 13.8 Å². The molecule has 8 heteroatoms. The van der Waals surface area contributed by atoms with Crippen LogP contribution in [0.5, 0.6) is 0 Å². The Morgan fingerprint density at radius 3 is 2.59 bits per heavy atom. The molecule has 0 fully saturated rings. The number of carbonyl (C=O) groups is 1. The molecule has 0 aromatic carbocycles. The van der Waals surface area contributed by atoms with E-state index in [9.17, 15) is 13.2 Å². The topological polar surface area (TPSA) is 102 Å². The molecule has 0 radical (unpaired) electrons. The van der Waals surface area contributed by atoms with Crippen LogP contribution >= 0.6 is 0 Å². The zero-order chi connectivity index (χ0) is 13.3. The number of carboxylic acids is 1. The average molecular weight is 261 g/mol. The lowest BCUT2D eigenvalue weighted by atomic mass is 10.1. The summed E-state index contributed by atoms with van der Waals surface area (Å²) in [6.07, 6.45) is 1.35. The first kappa shape index (κ1) is 13.6. The quantitative estimate of drug-likeness (QED) is 0.802. The Bertz CT molecular complexity index is 518. The predicted octanol–water partition coefficient (Wildman–Crippen LogP) is 0.0325. The van der Waals surface area contributed by atoms with Crippen LogP contribution in [0.25, 0.3) is 0 Å². The number of carboxylic acid groups (broad SMARTS) is 1. The van der Waals surface area contributed by atoms with Crippen molar-refractivity contribution in [3.8, 4) is 0 Å². The van der Waals surface area contributed by atoms with Crippen LogP contribution in [-0.4, -0.2) is 40.2 Å². The van der Waals surface area contributed by atoms with Gasteiger partial charge < -0.3 is 5.11 Å². The first-order chi connectivity index (χ1) is 7.69. The van der Waals surface area contributed by atoms with Crippen molar-refractivity contribution in [1.29, 1.82) is 0 Å². The third kappa shape index (κ3) is 3.02. The second-order valence-corrected chi connectivity index (χ2v) is 6.55. The van der Waals surface area contributed by atoms with Crippen molar-refractivity contribution in [1.82, 2.24) is 15.0 Å². The van der Waals surface area contributed by atoms with Crippen LogP contribution in [0, 0.1) is 0 Å². The van der Waals surface area contributed by atoms with E-state index in [4.69, 9.17) is 5.11 Å². The highest BCUT2D eigenvalue weighted by atomic mass is 32.2. The first-order valence-corrected chi connectivity index (χ1v) is 6.86. The molecule has 0 saturated heterocycles. The van der Waals surface area contributed by atoms with Crippen LogP contribution < -0.4 is 0 Å². The van der Waals surface area contributed by atoms with Gasteiger partial charge in [0.25, 0.3) is 0 Å². The summed E-state index contributed by atoms with van der Waals surface area (Å²) in [6.45, 7) is 4.46. The number of sulfone groups is 1. The van der Waals surface area contributed by atoms with E-state index < -0.39 is 21.3 Å². The molecule has 1 rings (SSSR count). The van der Waals surface area contributed by atoms with Crippen molar-refractivity contribution in [2.24, 2.45) is 0 Å². The van der Waals surface area contributed by atoms with Crippen LogP contribution in [0.3, 0.4) is 0 Å². The maximum Gasteiger partial charge on any atom is 0.331 e. The first-order valence-electron chi connectivity index (χ1n) is 5.04. The molecular weight excluding hydrogens is 246 g/mol. The van der Waals surface area contributed by atoms with Gasteiger partial charge >= 0.3 is 5.97 Å². The van der Waals surface area contributed by atoms with Crippen LogP contribution in [0.1, 0.15) is 26.5 Å². The van der Waals surface area contributed by atoms with E-state index >= 15 is 0 Å². The second-order valence-electron chi connectivity index (χ2n) is 4.20. The Labute approximate surface area is 99.4 Å². The molecule has 0 atom stereocenters. The lowest BCUT2D eigenvalue weighted by Crippen LogP contribution is -2.36. The Morgan fingerprint density at radius 1 is 1.53 bits per heavy atom. The normalized spacial score (nSPS) is 12.6. The van der Waals surface area contributed by atoms with E-state index in [-0.39, 0.29) is 17.2 Å². The van der Waals surface area contributed by atoms with Gasteiger partial charge in [0.1, 0.15) is 0 Å². The highest BCUT2D eigenvalue weighted by Gasteiger charge is 2.31. The van der Waals surface area contributed by atoms with Crippen LogP contribution in [0.15, 0.2) is 6.20 Å². The molecule has 0 spiro atoms. The minimum atomic E-state index is -3.19. The maximum atomic E-state index is 11.4. The summed E-state index contributed by atoms with van der Waals surface area (Å²) in [7, 11) is -3.19. The summed E-state index contributed by atoms with van der Waals surface area (Å²) in [6, 6.07) is 0. The molecule has 1 heterocycles. The molecule has 96 valence electrons. The van der Waals surface area contributed by atoms with E-state index in [1.165, 1.54) is 20.0 Å². The van der Waals surface area contributed by atoms with Crippen LogP contribution in [0.2, 0.25) is 0 Å². The molecule has 0 aliphatic heterocycles. The highest BCUT2D eigenvalue weighted by molar-refractivity contribution is 7.90. The number of hydrogen-bond acceptors (Lipinski definition) is 5. The SMILES string of the molecule is CCS(=O)(=O)Cc1cn(C(C)(C)C(=O)O)nn1. The van der Waals surface area contributed by atoms with Crippen LogP contribution in [0.4, 0.5) is 0 Å². The second kappa shape index (κ2) is 4.44. The summed E-state index contributed by atoms with van der Waals surface area (Å²) in [5.41, 5.74) is -0.998. The third-order valence-corrected chi connectivity index (χ3v) is 4.06. The minimum absolute atomic E-state index is 0.0161. The van der Waals surface area contributed by atoms with E-state index in [1.807, 2.05) is 0 Å². The Balaban J connectivity index is 2.97. The van der Waals surface area contributed by atoms with Crippen molar-refractivity contribution in [3.05, 3.63) is 11.9 Å². The Hall–Kier alpha value is -1.44. The Kier molecular flexibility index (Phi) is 3.56. The molecule has 0 bridgehead atoms. The molecule has 0 amide bonds. The largest absolute Gasteiger partial charge is 0.479 e. The van der Waals surface area contributed by atoms with E-state index in [0.29, 0.717) is 0 Å². The van der Waals surface area contributed by atoms with Gasteiger partial charge in [0.05, 0.1) is 17.6 Å². The average Bonchev–Trinajstić information content (AvgIpc) is 2.65. The van der Waals surface area contributed by atoms with Gasteiger partial charge in [-0.15, -0.1) is 5.10 Å². The lowest BCUT2D eigenvalue weighted by molar-refractivity contribution is -0.146. The van der Waals surface area contributed by atoms with E-state index in [0.717, 1.165) is 4.68 Å². The molecule has 7 nitrogen and oxygen atoms in total. The number of aliphatic carboxylic acids is 1. The Morgan fingerprint density at radius 2 is 2.12 bits per heavy atom. The van der Waals surface area contributed by atoms with Gasteiger partial charge in [-0.3, -0.25) is 0 Å². The summed E-state index contributed by atoms with van der Waals surface area (Å²) in [5.74, 6) is -1.27. The summed E-state index contributed by atoms with van der Waals surface area (Å²) in [4.78, 5) is 11.0. The van der Waals surface area contributed by atoms with Gasteiger partial charge in [-0.2, -0.15) is 0 Å². The van der Waals surface area contributed by atoms with Gasteiger partial charge in [-0.25, -0.2) is 17.9 Å². The molecular formula is C9H15N3O4S. The lowest BCUT2D eigenvalue weighted by Gasteiger charge is -2.18. The van der Waals surface area contributed by atoms with Crippen molar-refractivity contribution in [2.45, 2.75) is 32.1 Å². The van der Waals surface area contributed by atoms with Crippen molar-refractivity contribution < 1.29 is 18.3 Å². The smallest absolute Gasteiger partial charge is 0.331 e. The monoisotopic (exact) mass is 261 g/mol. The number of hydrogen-bond donors (Lipinski definition) is 1. The molecule has 0 aliphatic rings. The van der Waals surface area contributed by atoms with E-state index in [2.05, 4.69) is 10.3 Å². The molecule has 1 aromatic rings. The highest BCUT2D eigenvalue weighted by Crippen LogP contribution is 2.14. The van der Waals surface area contributed by atoms with Gasteiger partial charge in [0.15, 0.2) is 15.4 Å². The van der Waals surface area contributed by atoms with Crippen molar-refractivity contribution in [3.63, 3.8) is 0 Å². The standard InChI is InChI=1S/C9H15N3O4S/c1-4-17(15,16)6-7-5-12(11-10-7)9(2,3)8(13)14/h5H,4,6H2,1-3H3,(H,13,14). The maximum absolute atomic E-state index is 11.4. The van der Waals surface area contributed by atoms with Gasteiger partial charge in [0, 0.05) is 5.75 Å². The fourth-order valence-corrected chi connectivity index (χ4v) is 1.85. The molecule has 0 unspecified atom stereocenters. The molecule has 1 N–H and O–H groups in total.